The lowest BCUT2D eigenvalue weighted by molar-refractivity contribution is 0.167. The minimum absolute atomic E-state index is 0.0155. The highest BCUT2D eigenvalue weighted by molar-refractivity contribution is 5.74. The minimum Gasteiger partial charge on any atom is -0.487 e. The fourth-order valence-corrected chi connectivity index (χ4v) is 2.15. The van der Waals surface area contributed by atoms with Crippen molar-refractivity contribution in [2.24, 2.45) is 0 Å². The van der Waals surface area contributed by atoms with E-state index in [1.54, 1.807) is 6.20 Å². The summed E-state index contributed by atoms with van der Waals surface area (Å²) in [6.45, 7) is 2.72. The maximum Gasteiger partial charge on any atom is 0.317 e. The number of nitrogens with zero attached hydrogens (tertiary/aromatic N) is 2. The predicted octanol–water partition coefficient (Wildman–Crippen LogP) is 2.58. The number of carbonyl (C=O) groups is 1. The number of urea groups is 1. The van der Waals surface area contributed by atoms with Crippen molar-refractivity contribution in [3.05, 3.63) is 59.9 Å². The summed E-state index contributed by atoms with van der Waals surface area (Å²) in [6.07, 6.45) is 2.86. The van der Waals surface area contributed by atoms with Crippen molar-refractivity contribution in [1.29, 1.82) is 0 Å². The number of likely N-dealkylation sites (tertiary alicyclic amines) is 1. The highest BCUT2D eigenvalue weighted by atomic mass is 16.5. The third-order valence-corrected chi connectivity index (χ3v) is 3.62. The van der Waals surface area contributed by atoms with Crippen LogP contribution in [0.15, 0.2) is 48.7 Å². The molecular formula is C17H19N3O2. The van der Waals surface area contributed by atoms with Crippen LogP contribution in [0.1, 0.15) is 17.7 Å². The van der Waals surface area contributed by atoms with E-state index in [1.165, 1.54) is 0 Å². The summed E-state index contributed by atoms with van der Waals surface area (Å²) in [4.78, 5) is 17.7. The topological polar surface area (TPSA) is 54.5 Å². The Balaban J connectivity index is 1.46. The Morgan fingerprint density at radius 2 is 2.00 bits per heavy atom. The third-order valence-electron chi connectivity index (χ3n) is 3.62. The van der Waals surface area contributed by atoms with Gasteiger partial charge in [0.25, 0.3) is 0 Å². The Bertz CT molecular complexity index is 610. The van der Waals surface area contributed by atoms with Crippen molar-refractivity contribution in [3.63, 3.8) is 0 Å². The smallest absolute Gasteiger partial charge is 0.317 e. The van der Waals surface area contributed by atoms with E-state index in [-0.39, 0.29) is 6.03 Å². The second-order valence-electron chi connectivity index (χ2n) is 5.25. The summed E-state index contributed by atoms with van der Waals surface area (Å²) >= 11 is 0. The molecule has 114 valence electrons. The first-order valence-corrected chi connectivity index (χ1v) is 7.46. The van der Waals surface area contributed by atoms with E-state index in [0.29, 0.717) is 13.2 Å². The van der Waals surface area contributed by atoms with Gasteiger partial charge in [0.1, 0.15) is 12.4 Å². The molecule has 1 aromatic carbocycles. The molecule has 1 fully saturated rings. The Labute approximate surface area is 129 Å². The maximum atomic E-state index is 11.7. The first-order chi connectivity index (χ1) is 10.8. The summed E-state index contributed by atoms with van der Waals surface area (Å²) < 4.78 is 5.68. The normalized spacial score (nSPS) is 13.4. The van der Waals surface area contributed by atoms with Gasteiger partial charge in [-0.2, -0.15) is 0 Å². The largest absolute Gasteiger partial charge is 0.487 e. The van der Waals surface area contributed by atoms with Crippen LogP contribution in [0.25, 0.3) is 0 Å². The van der Waals surface area contributed by atoms with Crippen LogP contribution in [0.4, 0.5) is 4.79 Å². The first kappa shape index (κ1) is 14.4. The van der Waals surface area contributed by atoms with E-state index in [2.05, 4.69) is 10.3 Å². The van der Waals surface area contributed by atoms with E-state index in [9.17, 15) is 4.79 Å². The average molecular weight is 297 g/mol. The summed E-state index contributed by atoms with van der Waals surface area (Å²) in [6, 6.07) is 13.5. The van der Waals surface area contributed by atoms with Gasteiger partial charge in [-0.05, 0) is 36.2 Å². The van der Waals surface area contributed by atoms with Crippen LogP contribution < -0.4 is 10.1 Å². The van der Waals surface area contributed by atoms with Crippen molar-refractivity contribution in [2.45, 2.75) is 19.6 Å². The molecular weight excluding hydrogens is 278 g/mol. The Morgan fingerprint density at radius 1 is 1.18 bits per heavy atom. The molecule has 0 saturated carbocycles. The van der Waals surface area contributed by atoms with Gasteiger partial charge in [-0.25, -0.2) is 4.79 Å². The standard InChI is InChI=1S/C17H19N3O2/c21-17(20-10-3-11-20)19-12-14-5-7-16(8-6-14)22-13-15-4-1-2-9-18-15/h1-2,4-9H,3,10-13H2,(H,19,21). The van der Waals surface area contributed by atoms with Gasteiger partial charge < -0.3 is 15.0 Å². The van der Waals surface area contributed by atoms with Gasteiger partial charge in [-0.1, -0.05) is 18.2 Å². The lowest BCUT2D eigenvalue weighted by atomic mass is 10.2. The van der Waals surface area contributed by atoms with Crippen LogP contribution in [-0.2, 0) is 13.2 Å². The van der Waals surface area contributed by atoms with Crippen molar-refractivity contribution >= 4 is 6.03 Å². The average Bonchev–Trinajstić information content (AvgIpc) is 2.51. The molecule has 2 amide bonds. The molecule has 1 aromatic heterocycles. The maximum absolute atomic E-state index is 11.7. The fourth-order valence-electron chi connectivity index (χ4n) is 2.15. The molecule has 1 N–H and O–H groups in total. The van der Waals surface area contributed by atoms with Crippen LogP contribution in [0.3, 0.4) is 0 Å². The summed E-state index contributed by atoms with van der Waals surface area (Å²) in [5, 5.41) is 2.91. The van der Waals surface area contributed by atoms with E-state index in [1.807, 2.05) is 47.4 Å². The molecule has 1 saturated heterocycles. The molecule has 22 heavy (non-hydrogen) atoms. The van der Waals surface area contributed by atoms with Gasteiger partial charge in [-0.3, -0.25) is 4.98 Å². The minimum atomic E-state index is 0.0155. The van der Waals surface area contributed by atoms with Gasteiger partial charge >= 0.3 is 6.03 Å². The Hall–Kier alpha value is -2.56. The second kappa shape index (κ2) is 6.93. The van der Waals surface area contributed by atoms with Crippen LogP contribution in [0.2, 0.25) is 0 Å². The number of aromatic nitrogens is 1. The number of pyridine rings is 1. The van der Waals surface area contributed by atoms with Crippen molar-refractivity contribution in [2.75, 3.05) is 13.1 Å². The van der Waals surface area contributed by atoms with Crippen LogP contribution >= 0.6 is 0 Å². The molecule has 0 atom stereocenters. The number of nitrogens with one attached hydrogen (secondary N) is 1. The van der Waals surface area contributed by atoms with E-state index < -0.39 is 0 Å². The molecule has 2 aromatic rings. The van der Waals surface area contributed by atoms with E-state index >= 15 is 0 Å². The SMILES string of the molecule is O=C(NCc1ccc(OCc2ccccn2)cc1)N1CCC1. The lowest BCUT2D eigenvalue weighted by Gasteiger charge is -2.30. The zero-order valence-electron chi connectivity index (χ0n) is 12.4. The molecule has 0 radical (unpaired) electrons. The number of amides is 2. The van der Waals surface area contributed by atoms with Crippen molar-refractivity contribution in [3.8, 4) is 5.75 Å². The molecule has 1 aliphatic heterocycles. The van der Waals surface area contributed by atoms with Crippen molar-refractivity contribution in [1.82, 2.24) is 15.2 Å². The van der Waals surface area contributed by atoms with Crippen LogP contribution in [0, 0.1) is 0 Å². The van der Waals surface area contributed by atoms with E-state index in [0.717, 1.165) is 36.5 Å². The molecule has 2 heterocycles. The molecule has 3 rings (SSSR count). The van der Waals surface area contributed by atoms with Gasteiger partial charge in [0.15, 0.2) is 0 Å². The number of hydrogen-bond acceptors (Lipinski definition) is 3. The number of carbonyl (C=O) groups excluding carboxylic acids is 1. The first-order valence-electron chi connectivity index (χ1n) is 7.46. The summed E-state index contributed by atoms with van der Waals surface area (Å²) in [5.41, 5.74) is 1.95. The zero-order valence-corrected chi connectivity index (χ0v) is 12.4. The highest BCUT2D eigenvalue weighted by Crippen LogP contribution is 2.14. The third kappa shape index (κ3) is 3.75. The number of ether oxygens (including phenoxy) is 1. The Kier molecular flexibility index (Phi) is 4.53. The summed E-state index contributed by atoms with van der Waals surface area (Å²) in [7, 11) is 0. The van der Waals surface area contributed by atoms with Crippen molar-refractivity contribution < 1.29 is 9.53 Å². The number of rotatable bonds is 5. The molecule has 0 spiro atoms. The Morgan fingerprint density at radius 3 is 2.64 bits per heavy atom. The number of benzene rings is 1. The van der Waals surface area contributed by atoms with Gasteiger partial charge in [0, 0.05) is 25.8 Å². The second-order valence-corrected chi connectivity index (χ2v) is 5.25. The monoisotopic (exact) mass is 297 g/mol. The number of hydrogen-bond donors (Lipinski definition) is 1. The fraction of sp³-hybridized carbons (Fsp3) is 0.294. The summed E-state index contributed by atoms with van der Waals surface area (Å²) in [5.74, 6) is 0.795. The zero-order chi connectivity index (χ0) is 15.2. The van der Waals surface area contributed by atoms with E-state index in [4.69, 9.17) is 4.74 Å². The van der Waals surface area contributed by atoms with Gasteiger partial charge in [-0.15, -0.1) is 0 Å². The molecule has 0 aliphatic carbocycles. The molecule has 0 bridgehead atoms. The predicted molar refractivity (Wildman–Crippen MR) is 83.4 cm³/mol. The van der Waals surface area contributed by atoms with Gasteiger partial charge in [0.05, 0.1) is 5.69 Å². The highest BCUT2D eigenvalue weighted by Gasteiger charge is 2.19. The van der Waals surface area contributed by atoms with Gasteiger partial charge in [0.2, 0.25) is 0 Å². The quantitative estimate of drug-likeness (QED) is 0.923. The lowest BCUT2D eigenvalue weighted by Crippen LogP contribution is -2.47. The molecule has 0 unspecified atom stereocenters. The molecule has 5 heteroatoms. The molecule has 5 nitrogen and oxygen atoms in total. The molecule has 1 aliphatic rings. The van der Waals surface area contributed by atoms with Crippen LogP contribution in [0.5, 0.6) is 5.75 Å². The van der Waals surface area contributed by atoms with Crippen LogP contribution in [-0.4, -0.2) is 29.0 Å².